The monoisotopic (exact) mass is 364 g/mol. The number of phenols is 1. The molecule has 138 valence electrons. The molecule has 0 radical (unpaired) electrons. The molecular weight excluding hydrogens is 344 g/mol. The molecule has 1 atom stereocenters. The minimum Gasteiger partial charge on any atom is -0.504 e. The second-order valence-electron chi connectivity index (χ2n) is 6.55. The van der Waals surface area contributed by atoms with Crippen molar-refractivity contribution in [2.75, 3.05) is 13.7 Å². The summed E-state index contributed by atoms with van der Waals surface area (Å²) in [7, 11) is 1.52. The lowest BCUT2D eigenvalue weighted by molar-refractivity contribution is -0.119. The number of carbonyl (C=O) groups is 1. The highest BCUT2D eigenvalue weighted by atomic mass is 16.5. The van der Waals surface area contributed by atoms with E-state index in [4.69, 9.17) is 9.47 Å². The Morgan fingerprint density at radius 2 is 2.04 bits per heavy atom. The third kappa shape index (κ3) is 3.51. The average Bonchev–Trinajstić information content (AvgIpc) is 3.11. The predicted octanol–water partition coefficient (Wildman–Crippen LogP) is 3.27. The molecule has 1 fully saturated rings. The van der Waals surface area contributed by atoms with Crippen LogP contribution in [-0.4, -0.2) is 35.8 Å². The molecule has 1 saturated heterocycles. The highest BCUT2D eigenvalue weighted by Gasteiger charge is 2.21. The van der Waals surface area contributed by atoms with Gasteiger partial charge < -0.3 is 19.9 Å². The van der Waals surface area contributed by atoms with Gasteiger partial charge in [-0.1, -0.05) is 6.07 Å². The second kappa shape index (κ2) is 7.15. The number of methoxy groups -OCH3 is 1. The van der Waals surface area contributed by atoms with Gasteiger partial charge in [0, 0.05) is 18.0 Å². The van der Waals surface area contributed by atoms with Crippen LogP contribution in [0.3, 0.4) is 0 Å². The third-order valence-electron chi connectivity index (χ3n) is 4.72. The first kappa shape index (κ1) is 17.1. The van der Waals surface area contributed by atoms with Crippen molar-refractivity contribution in [2.24, 2.45) is 0 Å². The SMILES string of the molecule is COc1cc(-c2cc(OC[C@H]3CCC(=O)N3)c3cccnc3c2)ccc1O. The van der Waals surface area contributed by atoms with Crippen molar-refractivity contribution >= 4 is 16.8 Å². The molecule has 1 aliphatic heterocycles. The van der Waals surface area contributed by atoms with Gasteiger partial charge in [0.2, 0.25) is 5.91 Å². The van der Waals surface area contributed by atoms with Gasteiger partial charge in [-0.2, -0.15) is 0 Å². The lowest BCUT2D eigenvalue weighted by Crippen LogP contribution is -2.30. The molecule has 1 aromatic heterocycles. The lowest BCUT2D eigenvalue weighted by Gasteiger charge is -2.15. The Labute approximate surface area is 156 Å². The maximum Gasteiger partial charge on any atom is 0.220 e. The Bertz CT molecular complexity index is 1000. The summed E-state index contributed by atoms with van der Waals surface area (Å²) in [5.74, 6) is 1.28. The fourth-order valence-corrected chi connectivity index (χ4v) is 3.28. The zero-order valence-electron chi connectivity index (χ0n) is 14.9. The third-order valence-corrected chi connectivity index (χ3v) is 4.72. The molecule has 1 aliphatic rings. The van der Waals surface area contributed by atoms with Crippen LogP contribution in [0.15, 0.2) is 48.7 Å². The first-order chi connectivity index (χ1) is 13.1. The van der Waals surface area contributed by atoms with E-state index in [1.54, 1.807) is 18.3 Å². The fourth-order valence-electron chi connectivity index (χ4n) is 3.28. The van der Waals surface area contributed by atoms with Gasteiger partial charge in [-0.25, -0.2) is 0 Å². The average molecular weight is 364 g/mol. The van der Waals surface area contributed by atoms with Crippen LogP contribution in [0.25, 0.3) is 22.0 Å². The Morgan fingerprint density at radius 1 is 1.19 bits per heavy atom. The standard InChI is InChI=1S/C21H20N2O4/c1-26-20-10-13(4-6-18(20)24)14-9-17-16(3-2-8-22-17)19(11-14)27-12-15-5-7-21(25)23-15/h2-4,6,8-11,15,24H,5,7,12H2,1H3,(H,23,25)/t15-/m1/s1. The maximum atomic E-state index is 11.4. The zero-order chi connectivity index (χ0) is 18.8. The number of amides is 1. The molecule has 0 bridgehead atoms. The Morgan fingerprint density at radius 3 is 2.81 bits per heavy atom. The number of aromatic nitrogens is 1. The van der Waals surface area contributed by atoms with E-state index in [9.17, 15) is 9.90 Å². The van der Waals surface area contributed by atoms with E-state index in [-0.39, 0.29) is 17.7 Å². The molecule has 6 nitrogen and oxygen atoms in total. The number of nitrogens with one attached hydrogen (secondary N) is 1. The van der Waals surface area contributed by atoms with E-state index in [0.717, 1.165) is 28.5 Å². The largest absolute Gasteiger partial charge is 0.504 e. The van der Waals surface area contributed by atoms with Crippen LogP contribution in [0.1, 0.15) is 12.8 Å². The number of fused-ring (bicyclic) bond motifs is 1. The van der Waals surface area contributed by atoms with Crippen LogP contribution < -0.4 is 14.8 Å². The van der Waals surface area contributed by atoms with Crippen LogP contribution in [0.4, 0.5) is 0 Å². The maximum absolute atomic E-state index is 11.4. The number of ether oxygens (including phenoxy) is 2. The summed E-state index contributed by atoms with van der Waals surface area (Å²) < 4.78 is 11.3. The van der Waals surface area contributed by atoms with Crippen molar-refractivity contribution < 1.29 is 19.4 Å². The molecule has 0 spiro atoms. The number of benzene rings is 2. The second-order valence-corrected chi connectivity index (χ2v) is 6.55. The summed E-state index contributed by atoms with van der Waals surface area (Å²) in [5, 5.41) is 13.7. The van der Waals surface area contributed by atoms with Gasteiger partial charge in [-0.3, -0.25) is 9.78 Å². The first-order valence-corrected chi connectivity index (χ1v) is 8.82. The molecule has 4 rings (SSSR count). The summed E-state index contributed by atoms with van der Waals surface area (Å²) in [6.45, 7) is 0.415. The summed E-state index contributed by atoms with van der Waals surface area (Å²) >= 11 is 0. The molecule has 1 amide bonds. The number of hydrogen-bond donors (Lipinski definition) is 2. The normalized spacial score (nSPS) is 16.3. The molecule has 0 aliphatic carbocycles. The van der Waals surface area contributed by atoms with Gasteiger partial charge >= 0.3 is 0 Å². The van der Waals surface area contributed by atoms with E-state index in [2.05, 4.69) is 10.3 Å². The van der Waals surface area contributed by atoms with Crippen LogP contribution in [0.5, 0.6) is 17.2 Å². The summed E-state index contributed by atoms with van der Waals surface area (Å²) in [6.07, 6.45) is 3.07. The Kier molecular flexibility index (Phi) is 4.54. The zero-order valence-corrected chi connectivity index (χ0v) is 14.9. The molecule has 6 heteroatoms. The predicted molar refractivity (Wildman–Crippen MR) is 102 cm³/mol. The number of pyridine rings is 1. The quantitative estimate of drug-likeness (QED) is 0.726. The van der Waals surface area contributed by atoms with Gasteiger partial charge in [-0.15, -0.1) is 0 Å². The van der Waals surface area contributed by atoms with Crippen LogP contribution in [0, 0.1) is 0 Å². The number of aromatic hydroxyl groups is 1. The molecular formula is C21H20N2O4. The smallest absolute Gasteiger partial charge is 0.220 e. The molecule has 27 heavy (non-hydrogen) atoms. The number of nitrogens with zero attached hydrogens (tertiary/aromatic N) is 1. The van der Waals surface area contributed by atoms with Gasteiger partial charge in [-0.05, 0) is 53.9 Å². The van der Waals surface area contributed by atoms with Crippen molar-refractivity contribution in [3.05, 3.63) is 48.7 Å². The van der Waals surface area contributed by atoms with Gasteiger partial charge in [0.15, 0.2) is 11.5 Å². The van der Waals surface area contributed by atoms with E-state index in [1.165, 1.54) is 7.11 Å². The summed E-state index contributed by atoms with van der Waals surface area (Å²) in [6, 6.07) is 13.0. The minimum atomic E-state index is 0.0293. The van der Waals surface area contributed by atoms with Crippen molar-refractivity contribution in [1.29, 1.82) is 0 Å². The number of phenolic OH excluding ortho intramolecular Hbond substituents is 1. The van der Waals surface area contributed by atoms with Crippen LogP contribution in [0.2, 0.25) is 0 Å². The van der Waals surface area contributed by atoms with Gasteiger partial charge in [0.05, 0.1) is 18.7 Å². The topological polar surface area (TPSA) is 80.7 Å². The minimum absolute atomic E-state index is 0.0293. The van der Waals surface area contributed by atoms with Crippen molar-refractivity contribution in [1.82, 2.24) is 10.3 Å². The van der Waals surface area contributed by atoms with Crippen molar-refractivity contribution in [3.63, 3.8) is 0 Å². The van der Waals surface area contributed by atoms with Crippen molar-refractivity contribution in [3.8, 4) is 28.4 Å². The van der Waals surface area contributed by atoms with E-state index in [1.807, 2.05) is 30.3 Å². The van der Waals surface area contributed by atoms with E-state index in [0.29, 0.717) is 24.5 Å². The number of rotatable bonds is 5. The van der Waals surface area contributed by atoms with Crippen LogP contribution >= 0.6 is 0 Å². The Balaban J connectivity index is 1.70. The number of carbonyl (C=O) groups excluding carboxylic acids is 1. The molecule has 0 unspecified atom stereocenters. The number of hydrogen-bond acceptors (Lipinski definition) is 5. The van der Waals surface area contributed by atoms with Gasteiger partial charge in [0.1, 0.15) is 12.4 Å². The molecule has 3 aromatic rings. The molecule has 0 saturated carbocycles. The summed E-state index contributed by atoms with van der Waals surface area (Å²) in [4.78, 5) is 15.8. The highest BCUT2D eigenvalue weighted by molar-refractivity contribution is 5.90. The lowest BCUT2D eigenvalue weighted by atomic mass is 10.0. The van der Waals surface area contributed by atoms with Gasteiger partial charge in [0.25, 0.3) is 0 Å². The van der Waals surface area contributed by atoms with Crippen molar-refractivity contribution in [2.45, 2.75) is 18.9 Å². The van der Waals surface area contributed by atoms with Crippen LogP contribution in [-0.2, 0) is 4.79 Å². The molecule has 2 heterocycles. The first-order valence-electron chi connectivity index (χ1n) is 8.82. The summed E-state index contributed by atoms with van der Waals surface area (Å²) in [5.41, 5.74) is 2.61. The van der Waals surface area contributed by atoms with E-state index < -0.39 is 0 Å². The molecule has 2 N–H and O–H groups in total. The Hall–Kier alpha value is -3.28. The highest BCUT2D eigenvalue weighted by Crippen LogP contribution is 2.35. The fraction of sp³-hybridized carbons (Fsp3) is 0.238. The molecule has 2 aromatic carbocycles. The van der Waals surface area contributed by atoms with E-state index >= 15 is 0 Å².